The summed E-state index contributed by atoms with van der Waals surface area (Å²) in [5.74, 6) is 0.518. The van der Waals surface area contributed by atoms with Crippen LogP contribution in [0.15, 0.2) is 40.6 Å². The van der Waals surface area contributed by atoms with Gasteiger partial charge < -0.3 is 15.0 Å². The molecule has 1 aliphatic heterocycles. The average molecular weight is 492 g/mol. The second-order valence-electron chi connectivity index (χ2n) is 8.72. The number of amides is 1. The molecule has 4 rings (SSSR count). The van der Waals surface area contributed by atoms with Gasteiger partial charge in [0.1, 0.15) is 15.5 Å². The van der Waals surface area contributed by atoms with E-state index in [0.717, 1.165) is 37.1 Å². The van der Waals surface area contributed by atoms with Gasteiger partial charge in [-0.2, -0.15) is 4.31 Å². The van der Waals surface area contributed by atoms with E-state index in [-0.39, 0.29) is 16.8 Å². The van der Waals surface area contributed by atoms with Gasteiger partial charge in [0.2, 0.25) is 10.0 Å². The van der Waals surface area contributed by atoms with Crippen LogP contribution in [0.1, 0.15) is 54.6 Å². The molecule has 33 heavy (non-hydrogen) atoms. The molecule has 1 aromatic heterocycles. The lowest BCUT2D eigenvalue weighted by Gasteiger charge is -2.35. The number of thiophene rings is 1. The number of hydrogen-bond donors (Lipinski definition) is 1. The third-order valence-corrected chi connectivity index (χ3v) is 9.53. The molecule has 7 nitrogen and oxygen atoms in total. The van der Waals surface area contributed by atoms with E-state index in [1.807, 2.05) is 24.3 Å². The highest BCUT2D eigenvalue weighted by atomic mass is 32.2. The molecular formula is C24H33N3O4S2. The number of rotatable bonds is 6. The number of carbonyl (C=O) groups is 1. The first-order valence-corrected chi connectivity index (χ1v) is 14.1. The molecule has 9 heteroatoms. The van der Waals surface area contributed by atoms with E-state index in [1.165, 1.54) is 34.9 Å². The quantitative estimate of drug-likeness (QED) is 0.658. The molecule has 1 saturated carbocycles. The van der Waals surface area contributed by atoms with Gasteiger partial charge in [0.15, 0.2) is 0 Å². The molecule has 1 amide bonds. The number of anilines is 1. The maximum absolute atomic E-state index is 13.4. The SMILES string of the molecule is COc1cccc(N2CCN(S(=O)(=O)c3ccsc3C(=O)NC3CCCCCCC3)CC2)c1. The van der Waals surface area contributed by atoms with Crippen LogP contribution in [-0.2, 0) is 10.0 Å². The lowest BCUT2D eigenvalue weighted by molar-refractivity contribution is 0.0931. The first kappa shape index (κ1) is 24.0. The Bertz CT molecular complexity index is 1040. The van der Waals surface area contributed by atoms with Crippen molar-refractivity contribution in [1.29, 1.82) is 0 Å². The van der Waals surface area contributed by atoms with Crippen molar-refractivity contribution in [1.82, 2.24) is 9.62 Å². The van der Waals surface area contributed by atoms with Crippen LogP contribution in [0, 0.1) is 0 Å². The lowest BCUT2D eigenvalue weighted by Crippen LogP contribution is -2.49. The van der Waals surface area contributed by atoms with Gasteiger partial charge in [0.05, 0.1) is 7.11 Å². The molecule has 0 radical (unpaired) electrons. The van der Waals surface area contributed by atoms with Gasteiger partial charge >= 0.3 is 0 Å². The van der Waals surface area contributed by atoms with E-state index in [2.05, 4.69) is 10.2 Å². The normalized spacial score (nSPS) is 19.0. The Labute approximate surface area is 200 Å². The smallest absolute Gasteiger partial charge is 0.262 e. The minimum Gasteiger partial charge on any atom is -0.497 e. The summed E-state index contributed by atoms with van der Waals surface area (Å²) in [6, 6.07) is 9.49. The van der Waals surface area contributed by atoms with Crippen molar-refractivity contribution in [3.8, 4) is 5.75 Å². The molecule has 0 bridgehead atoms. The van der Waals surface area contributed by atoms with Crippen LogP contribution in [-0.4, -0.2) is 58.0 Å². The van der Waals surface area contributed by atoms with Gasteiger partial charge in [0, 0.05) is 44.0 Å². The lowest BCUT2D eigenvalue weighted by atomic mass is 9.97. The van der Waals surface area contributed by atoms with Gasteiger partial charge in [-0.05, 0) is 36.4 Å². The number of ether oxygens (including phenoxy) is 1. The molecule has 1 aliphatic carbocycles. The van der Waals surface area contributed by atoms with E-state index < -0.39 is 10.0 Å². The van der Waals surface area contributed by atoms with Gasteiger partial charge in [-0.3, -0.25) is 4.79 Å². The zero-order valence-corrected chi connectivity index (χ0v) is 20.8. The summed E-state index contributed by atoms with van der Waals surface area (Å²) < 4.78 is 33.6. The molecular weight excluding hydrogens is 458 g/mol. The highest BCUT2D eigenvalue weighted by Crippen LogP contribution is 2.28. The average Bonchev–Trinajstić information content (AvgIpc) is 3.32. The van der Waals surface area contributed by atoms with Gasteiger partial charge in [-0.15, -0.1) is 11.3 Å². The predicted molar refractivity (Wildman–Crippen MR) is 132 cm³/mol. The monoisotopic (exact) mass is 491 g/mol. The summed E-state index contributed by atoms with van der Waals surface area (Å²) in [5.41, 5.74) is 1.01. The topological polar surface area (TPSA) is 79.0 Å². The largest absolute Gasteiger partial charge is 0.497 e. The Balaban J connectivity index is 1.42. The highest BCUT2D eigenvalue weighted by molar-refractivity contribution is 7.89. The third kappa shape index (κ3) is 5.70. The molecule has 0 unspecified atom stereocenters. The van der Waals surface area contributed by atoms with Gasteiger partial charge in [-0.25, -0.2) is 8.42 Å². The molecule has 180 valence electrons. The minimum absolute atomic E-state index is 0.127. The van der Waals surface area contributed by atoms with Crippen molar-refractivity contribution in [2.75, 3.05) is 38.2 Å². The van der Waals surface area contributed by atoms with E-state index in [9.17, 15) is 13.2 Å². The summed E-state index contributed by atoms with van der Waals surface area (Å²) >= 11 is 1.21. The second kappa shape index (κ2) is 10.9. The van der Waals surface area contributed by atoms with Crippen LogP contribution >= 0.6 is 11.3 Å². The standard InChI is InChI=1S/C24H33N3O4S2/c1-31-21-11-7-10-20(18-21)26-13-15-27(16-14-26)33(29,30)22-12-17-32-23(22)24(28)25-19-8-5-3-2-4-6-9-19/h7,10-12,17-19H,2-6,8-9,13-16H2,1H3,(H,25,28). The molecule has 1 saturated heterocycles. The Morgan fingerprint density at radius 2 is 1.73 bits per heavy atom. The van der Waals surface area contributed by atoms with Crippen molar-refractivity contribution in [2.24, 2.45) is 0 Å². The number of nitrogens with zero attached hydrogens (tertiary/aromatic N) is 2. The fourth-order valence-electron chi connectivity index (χ4n) is 4.65. The Morgan fingerprint density at radius 3 is 2.42 bits per heavy atom. The molecule has 2 fully saturated rings. The van der Waals surface area contributed by atoms with E-state index in [1.54, 1.807) is 18.6 Å². The second-order valence-corrected chi connectivity index (χ2v) is 11.5. The number of piperazine rings is 1. The van der Waals surface area contributed by atoms with E-state index >= 15 is 0 Å². The maximum atomic E-state index is 13.4. The number of nitrogens with one attached hydrogen (secondary N) is 1. The number of sulfonamides is 1. The third-order valence-electron chi connectivity index (χ3n) is 6.55. The van der Waals surface area contributed by atoms with E-state index in [4.69, 9.17) is 4.74 Å². The summed E-state index contributed by atoms with van der Waals surface area (Å²) in [6.07, 6.45) is 7.81. The summed E-state index contributed by atoms with van der Waals surface area (Å²) in [6.45, 7) is 1.92. The van der Waals surface area contributed by atoms with Crippen LogP contribution in [0.4, 0.5) is 5.69 Å². The summed E-state index contributed by atoms with van der Waals surface area (Å²) in [7, 11) is -2.10. The van der Waals surface area contributed by atoms with Gasteiger partial charge in [0.25, 0.3) is 5.91 Å². The molecule has 0 atom stereocenters. The van der Waals surface area contributed by atoms with Crippen molar-refractivity contribution < 1.29 is 17.9 Å². The van der Waals surface area contributed by atoms with Crippen LogP contribution in [0.5, 0.6) is 5.75 Å². The predicted octanol–water partition coefficient (Wildman–Crippen LogP) is 4.11. The summed E-state index contributed by atoms with van der Waals surface area (Å²) in [4.78, 5) is 15.6. The Morgan fingerprint density at radius 1 is 1.03 bits per heavy atom. The molecule has 2 aromatic rings. The van der Waals surface area contributed by atoms with Gasteiger partial charge in [-0.1, -0.05) is 38.2 Å². The first-order chi connectivity index (χ1) is 16.0. The number of hydrogen-bond acceptors (Lipinski definition) is 6. The van der Waals surface area contributed by atoms with Crippen LogP contribution in [0.2, 0.25) is 0 Å². The van der Waals surface area contributed by atoms with Crippen LogP contribution in [0.3, 0.4) is 0 Å². The molecule has 0 spiro atoms. The van der Waals surface area contributed by atoms with Crippen LogP contribution < -0.4 is 15.0 Å². The zero-order valence-electron chi connectivity index (χ0n) is 19.2. The minimum atomic E-state index is -3.74. The van der Waals surface area contributed by atoms with Crippen molar-refractivity contribution in [3.63, 3.8) is 0 Å². The Kier molecular flexibility index (Phi) is 7.93. The molecule has 2 heterocycles. The molecule has 2 aliphatic rings. The number of carbonyl (C=O) groups excluding carboxylic acids is 1. The molecule has 1 N–H and O–H groups in total. The van der Waals surface area contributed by atoms with Crippen LogP contribution in [0.25, 0.3) is 0 Å². The van der Waals surface area contributed by atoms with Crippen molar-refractivity contribution in [3.05, 3.63) is 40.6 Å². The maximum Gasteiger partial charge on any atom is 0.262 e. The fraction of sp³-hybridized carbons (Fsp3) is 0.542. The fourth-order valence-corrected chi connectivity index (χ4v) is 7.38. The summed E-state index contributed by atoms with van der Waals surface area (Å²) in [5, 5.41) is 4.81. The van der Waals surface area contributed by atoms with Crippen molar-refractivity contribution >= 4 is 33.0 Å². The number of methoxy groups -OCH3 is 1. The Hall–Kier alpha value is -2.10. The van der Waals surface area contributed by atoms with Crippen molar-refractivity contribution in [2.45, 2.75) is 55.9 Å². The highest BCUT2D eigenvalue weighted by Gasteiger charge is 2.33. The number of benzene rings is 1. The first-order valence-electron chi connectivity index (χ1n) is 11.8. The molecule has 1 aromatic carbocycles. The zero-order chi connectivity index (χ0) is 23.3. The van der Waals surface area contributed by atoms with E-state index in [0.29, 0.717) is 31.1 Å².